The first kappa shape index (κ1) is 15.2. The van der Waals surface area contributed by atoms with Crippen LogP contribution in [0.25, 0.3) is 0 Å². The number of aliphatic hydroxyl groups is 1. The van der Waals surface area contributed by atoms with Crippen molar-refractivity contribution < 1.29 is 28.5 Å². The first-order chi connectivity index (χ1) is 10.9. The van der Waals surface area contributed by atoms with Gasteiger partial charge in [-0.3, -0.25) is 9.98 Å². The summed E-state index contributed by atoms with van der Waals surface area (Å²) in [6.07, 6.45) is -0.933. The fourth-order valence-corrected chi connectivity index (χ4v) is 2.08. The number of pyridine rings is 1. The first-order valence-corrected chi connectivity index (χ1v) is 6.62. The van der Waals surface area contributed by atoms with Crippen LogP contribution in [-0.4, -0.2) is 27.7 Å². The molecule has 0 saturated heterocycles. The average molecular weight is 322 g/mol. The van der Waals surface area contributed by atoms with E-state index in [0.29, 0.717) is 22.5 Å². The van der Waals surface area contributed by atoms with E-state index in [4.69, 9.17) is 0 Å². The Morgan fingerprint density at radius 1 is 1.30 bits per heavy atom. The van der Waals surface area contributed by atoms with Crippen molar-refractivity contribution in [3.63, 3.8) is 0 Å². The highest BCUT2D eigenvalue weighted by molar-refractivity contribution is 5.87. The summed E-state index contributed by atoms with van der Waals surface area (Å²) in [6.45, 7) is 1.28. The van der Waals surface area contributed by atoms with Crippen molar-refractivity contribution in [3.8, 4) is 17.2 Å². The van der Waals surface area contributed by atoms with Crippen LogP contribution in [0.5, 0.6) is 17.2 Å². The minimum atomic E-state index is -3.69. The van der Waals surface area contributed by atoms with Gasteiger partial charge in [-0.2, -0.15) is 0 Å². The molecule has 1 aliphatic heterocycles. The lowest BCUT2D eigenvalue weighted by molar-refractivity contribution is -0.286. The van der Waals surface area contributed by atoms with Crippen molar-refractivity contribution >= 4 is 11.9 Å². The molecule has 3 rings (SSSR count). The predicted octanol–water partition coefficient (Wildman–Crippen LogP) is 2.66. The van der Waals surface area contributed by atoms with E-state index < -0.39 is 6.29 Å². The second-order valence-electron chi connectivity index (χ2n) is 4.85. The number of aliphatic hydroxyl groups excluding tert-OH is 1. The number of ether oxygens (including phenoxy) is 2. The van der Waals surface area contributed by atoms with E-state index in [1.165, 1.54) is 30.6 Å². The number of fused-ring (bicyclic) bond motifs is 1. The number of hydrogen-bond acceptors (Lipinski definition) is 6. The third-order valence-electron chi connectivity index (χ3n) is 3.26. The Kier molecular flexibility index (Phi) is 3.61. The molecular weight excluding hydrogens is 310 g/mol. The topological polar surface area (TPSA) is 84.2 Å². The number of aliphatic imine (C=N–C) groups is 1. The maximum atomic E-state index is 13.0. The zero-order chi connectivity index (χ0) is 16.6. The molecular formula is C15H12F2N2O4. The van der Waals surface area contributed by atoms with Crippen LogP contribution in [0.1, 0.15) is 16.8 Å². The molecule has 6 nitrogen and oxygen atoms in total. The first-order valence-electron chi connectivity index (χ1n) is 6.62. The van der Waals surface area contributed by atoms with Crippen molar-refractivity contribution in [3.05, 3.63) is 41.2 Å². The second-order valence-corrected chi connectivity index (χ2v) is 4.85. The van der Waals surface area contributed by atoms with Gasteiger partial charge in [0.05, 0.1) is 18.0 Å². The number of rotatable bonds is 3. The van der Waals surface area contributed by atoms with E-state index in [-0.39, 0.29) is 23.9 Å². The molecule has 0 unspecified atom stereocenters. The molecule has 2 heterocycles. The van der Waals surface area contributed by atoms with Gasteiger partial charge in [0, 0.05) is 29.6 Å². The van der Waals surface area contributed by atoms with Gasteiger partial charge in [-0.1, -0.05) is 0 Å². The summed E-state index contributed by atoms with van der Waals surface area (Å²) < 4.78 is 34.6. The summed E-state index contributed by atoms with van der Waals surface area (Å²) >= 11 is 0. The number of benzene rings is 1. The summed E-state index contributed by atoms with van der Waals surface area (Å²) in [5.41, 5.74) is 1.41. The van der Waals surface area contributed by atoms with Gasteiger partial charge in [-0.15, -0.1) is 8.78 Å². The number of aromatic nitrogens is 1. The highest BCUT2D eigenvalue weighted by Crippen LogP contribution is 2.42. The molecule has 1 aromatic heterocycles. The summed E-state index contributed by atoms with van der Waals surface area (Å²) in [4.78, 5) is 8.04. The smallest absolute Gasteiger partial charge is 0.505 e. The predicted molar refractivity (Wildman–Crippen MR) is 76.5 cm³/mol. The quantitative estimate of drug-likeness (QED) is 0.849. The molecule has 2 aromatic rings. The van der Waals surface area contributed by atoms with Gasteiger partial charge < -0.3 is 19.7 Å². The number of halogens is 2. The average Bonchev–Trinajstić information content (AvgIpc) is 2.81. The number of aromatic hydroxyl groups is 1. The van der Waals surface area contributed by atoms with Crippen molar-refractivity contribution in [2.75, 3.05) is 0 Å². The van der Waals surface area contributed by atoms with Crippen LogP contribution >= 0.6 is 0 Å². The molecule has 0 spiro atoms. The lowest BCUT2D eigenvalue weighted by Crippen LogP contribution is -2.25. The zero-order valence-corrected chi connectivity index (χ0v) is 12.0. The largest absolute Gasteiger partial charge is 0.586 e. The van der Waals surface area contributed by atoms with Gasteiger partial charge in [0.15, 0.2) is 11.5 Å². The number of hydrogen-bond donors (Lipinski definition) is 2. The normalized spacial score (nSPS) is 15.3. The van der Waals surface area contributed by atoms with E-state index in [9.17, 15) is 19.0 Å². The van der Waals surface area contributed by atoms with Crippen molar-refractivity contribution in [1.82, 2.24) is 4.98 Å². The van der Waals surface area contributed by atoms with E-state index in [1.54, 1.807) is 6.92 Å². The molecule has 0 saturated carbocycles. The number of aryl methyl sites for hydroxylation is 1. The fraction of sp³-hybridized carbons (Fsp3) is 0.200. The van der Waals surface area contributed by atoms with Crippen LogP contribution < -0.4 is 9.47 Å². The molecule has 2 N–H and O–H groups in total. The summed E-state index contributed by atoms with van der Waals surface area (Å²) in [7, 11) is 0. The fourth-order valence-electron chi connectivity index (χ4n) is 2.08. The molecule has 0 amide bonds. The molecule has 120 valence electrons. The highest BCUT2D eigenvalue weighted by atomic mass is 19.3. The zero-order valence-electron chi connectivity index (χ0n) is 12.0. The van der Waals surface area contributed by atoms with Crippen molar-refractivity contribution in [2.24, 2.45) is 4.99 Å². The molecule has 0 radical (unpaired) electrons. The van der Waals surface area contributed by atoms with Gasteiger partial charge in [0.25, 0.3) is 0 Å². The Morgan fingerprint density at radius 3 is 2.78 bits per heavy atom. The molecule has 0 fully saturated rings. The lowest BCUT2D eigenvalue weighted by Gasteiger charge is -2.07. The molecule has 8 heteroatoms. The SMILES string of the molecule is Cc1ncc(CO)c(C=Nc2ccc3c(c2)OC(F)(F)O3)c1O. The van der Waals surface area contributed by atoms with Gasteiger partial charge in [0.1, 0.15) is 5.75 Å². The van der Waals surface area contributed by atoms with Crippen LogP contribution in [-0.2, 0) is 6.61 Å². The Hall–Kier alpha value is -2.74. The van der Waals surface area contributed by atoms with Gasteiger partial charge in [-0.25, -0.2) is 0 Å². The van der Waals surface area contributed by atoms with Crippen LogP contribution in [0.15, 0.2) is 29.4 Å². The van der Waals surface area contributed by atoms with E-state index in [0.717, 1.165) is 0 Å². The van der Waals surface area contributed by atoms with Gasteiger partial charge in [-0.05, 0) is 19.1 Å². The van der Waals surface area contributed by atoms with Crippen LogP contribution in [0.3, 0.4) is 0 Å². The summed E-state index contributed by atoms with van der Waals surface area (Å²) in [5, 5.41) is 19.3. The van der Waals surface area contributed by atoms with Crippen LogP contribution in [0, 0.1) is 6.92 Å². The maximum absolute atomic E-state index is 13.0. The van der Waals surface area contributed by atoms with Crippen molar-refractivity contribution in [1.29, 1.82) is 0 Å². The maximum Gasteiger partial charge on any atom is 0.586 e. The van der Waals surface area contributed by atoms with Crippen LogP contribution in [0.2, 0.25) is 0 Å². The Bertz CT molecular complexity index is 793. The molecule has 23 heavy (non-hydrogen) atoms. The minimum absolute atomic E-state index is 0.0763. The summed E-state index contributed by atoms with van der Waals surface area (Å²) in [6, 6.07) is 4.06. The molecule has 1 aliphatic rings. The Morgan fingerprint density at radius 2 is 2.04 bits per heavy atom. The van der Waals surface area contributed by atoms with Gasteiger partial charge in [0.2, 0.25) is 0 Å². The van der Waals surface area contributed by atoms with E-state index >= 15 is 0 Å². The number of nitrogens with zero attached hydrogens (tertiary/aromatic N) is 2. The minimum Gasteiger partial charge on any atom is -0.505 e. The molecule has 0 atom stereocenters. The highest BCUT2D eigenvalue weighted by Gasteiger charge is 2.43. The number of alkyl halides is 2. The molecule has 0 aliphatic carbocycles. The lowest BCUT2D eigenvalue weighted by atomic mass is 10.1. The Balaban J connectivity index is 1.92. The monoisotopic (exact) mass is 322 g/mol. The third-order valence-corrected chi connectivity index (χ3v) is 3.26. The van der Waals surface area contributed by atoms with E-state index in [2.05, 4.69) is 19.5 Å². The van der Waals surface area contributed by atoms with Crippen molar-refractivity contribution in [2.45, 2.75) is 19.8 Å². The Labute approximate surface area is 129 Å². The summed E-state index contributed by atoms with van der Waals surface area (Å²) in [5.74, 6) is -0.303. The molecule has 0 bridgehead atoms. The van der Waals surface area contributed by atoms with Crippen LogP contribution in [0.4, 0.5) is 14.5 Å². The standard InChI is InChI=1S/C15H12F2N2O4/c1-8-14(21)11(9(7-20)5-18-8)6-19-10-2-3-12-13(4-10)23-15(16,17)22-12/h2-6,20-21H,7H2,1H3. The second kappa shape index (κ2) is 5.47. The molecule has 1 aromatic carbocycles. The van der Waals surface area contributed by atoms with Gasteiger partial charge >= 0.3 is 6.29 Å². The van der Waals surface area contributed by atoms with E-state index in [1.807, 2.05) is 0 Å². The third kappa shape index (κ3) is 2.93.